The summed E-state index contributed by atoms with van der Waals surface area (Å²) in [6, 6.07) is 9.98. The minimum atomic E-state index is 0.327. The van der Waals surface area contributed by atoms with Crippen LogP contribution in [-0.4, -0.2) is 79.6 Å². The third-order valence-electron chi connectivity index (χ3n) is 5.45. The molecule has 1 aromatic carbocycles. The maximum atomic E-state index is 12.6. The van der Waals surface area contributed by atoms with Crippen molar-refractivity contribution in [3.8, 4) is 5.75 Å². The number of benzene rings is 1. The molecule has 144 valence electrons. The van der Waals surface area contributed by atoms with Crippen molar-refractivity contribution in [2.24, 2.45) is 0 Å². The molecule has 0 radical (unpaired) electrons. The van der Waals surface area contributed by atoms with Crippen LogP contribution in [0.3, 0.4) is 0 Å². The molecule has 0 aromatic heterocycles. The van der Waals surface area contributed by atoms with Gasteiger partial charge in [0.25, 0.3) is 0 Å². The Hall–Kier alpha value is -1.59. The number of likely N-dealkylation sites (tertiary alicyclic amines) is 1. The zero-order chi connectivity index (χ0) is 18.0. The van der Waals surface area contributed by atoms with Gasteiger partial charge < -0.3 is 9.64 Å². The molecule has 2 saturated heterocycles. The van der Waals surface area contributed by atoms with Gasteiger partial charge in [-0.2, -0.15) is 0 Å². The van der Waals surface area contributed by atoms with Gasteiger partial charge in [0, 0.05) is 45.8 Å². The number of piperazine rings is 1. The van der Waals surface area contributed by atoms with Gasteiger partial charge in [-0.1, -0.05) is 37.5 Å². The first-order chi connectivity index (χ1) is 12.8. The van der Waals surface area contributed by atoms with Gasteiger partial charge in [-0.3, -0.25) is 14.6 Å². The van der Waals surface area contributed by atoms with Gasteiger partial charge in [0.05, 0.1) is 6.54 Å². The highest BCUT2D eigenvalue weighted by atomic mass is 16.5. The standard InChI is InChI=1S/C21H33N3O2/c25-21(24-11-7-2-1-3-8-12-24)19-23-15-13-22(14-16-23)17-18-26-20-9-5-4-6-10-20/h4-6,9-10H,1-3,7-8,11-19H2. The van der Waals surface area contributed by atoms with Crippen molar-refractivity contribution in [1.29, 1.82) is 0 Å². The van der Waals surface area contributed by atoms with E-state index in [1.807, 2.05) is 30.3 Å². The lowest BCUT2D eigenvalue weighted by molar-refractivity contribution is -0.133. The number of para-hydroxylation sites is 1. The molecule has 0 aliphatic carbocycles. The van der Waals surface area contributed by atoms with Gasteiger partial charge in [-0.15, -0.1) is 0 Å². The van der Waals surface area contributed by atoms with E-state index in [0.717, 1.165) is 58.2 Å². The number of hydrogen-bond acceptors (Lipinski definition) is 4. The topological polar surface area (TPSA) is 36.0 Å². The first kappa shape index (κ1) is 19.2. The zero-order valence-electron chi connectivity index (χ0n) is 15.9. The molecule has 1 aromatic rings. The van der Waals surface area contributed by atoms with E-state index >= 15 is 0 Å². The van der Waals surface area contributed by atoms with Gasteiger partial charge in [0.2, 0.25) is 5.91 Å². The minimum Gasteiger partial charge on any atom is -0.492 e. The average molecular weight is 360 g/mol. The zero-order valence-corrected chi connectivity index (χ0v) is 15.9. The molecule has 0 spiro atoms. The molecule has 2 fully saturated rings. The highest BCUT2D eigenvalue weighted by molar-refractivity contribution is 5.78. The molecule has 26 heavy (non-hydrogen) atoms. The molecule has 0 N–H and O–H groups in total. The largest absolute Gasteiger partial charge is 0.492 e. The number of nitrogens with zero attached hydrogens (tertiary/aromatic N) is 3. The molecule has 0 saturated carbocycles. The van der Waals surface area contributed by atoms with Crippen LogP contribution in [0.1, 0.15) is 32.1 Å². The second-order valence-corrected chi connectivity index (χ2v) is 7.43. The van der Waals surface area contributed by atoms with Crippen molar-refractivity contribution >= 4 is 5.91 Å². The normalized spacial score (nSPS) is 20.4. The molecule has 0 bridgehead atoms. The Balaban J connectivity index is 1.32. The molecular weight excluding hydrogens is 326 g/mol. The summed E-state index contributed by atoms with van der Waals surface area (Å²) in [7, 11) is 0. The number of hydrogen-bond donors (Lipinski definition) is 0. The Morgan fingerprint density at radius 3 is 2.12 bits per heavy atom. The van der Waals surface area contributed by atoms with Crippen LogP contribution < -0.4 is 4.74 Å². The summed E-state index contributed by atoms with van der Waals surface area (Å²) >= 11 is 0. The summed E-state index contributed by atoms with van der Waals surface area (Å²) in [5, 5.41) is 0. The summed E-state index contributed by atoms with van der Waals surface area (Å²) in [5.41, 5.74) is 0. The van der Waals surface area contributed by atoms with E-state index in [1.54, 1.807) is 0 Å². The second kappa shape index (κ2) is 10.5. The van der Waals surface area contributed by atoms with Crippen LogP contribution in [-0.2, 0) is 4.79 Å². The van der Waals surface area contributed by atoms with Crippen molar-refractivity contribution in [3.05, 3.63) is 30.3 Å². The fraction of sp³-hybridized carbons (Fsp3) is 0.667. The smallest absolute Gasteiger partial charge is 0.236 e. The van der Waals surface area contributed by atoms with Crippen molar-refractivity contribution in [2.75, 3.05) is 59.0 Å². The predicted molar refractivity (Wildman–Crippen MR) is 104 cm³/mol. The van der Waals surface area contributed by atoms with Gasteiger partial charge in [-0.25, -0.2) is 0 Å². The number of carbonyl (C=O) groups is 1. The third-order valence-corrected chi connectivity index (χ3v) is 5.45. The van der Waals surface area contributed by atoms with Crippen LogP contribution >= 0.6 is 0 Å². The van der Waals surface area contributed by atoms with Gasteiger partial charge in [0.15, 0.2) is 0 Å². The quantitative estimate of drug-likeness (QED) is 0.782. The summed E-state index contributed by atoms with van der Waals surface area (Å²) < 4.78 is 5.79. The summed E-state index contributed by atoms with van der Waals surface area (Å²) in [4.78, 5) is 19.4. The van der Waals surface area contributed by atoms with Gasteiger partial charge >= 0.3 is 0 Å². The van der Waals surface area contributed by atoms with Crippen LogP contribution in [0.5, 0.6) is 5.75 Å². The second-order valence-electron chi connectivity index (χ2n) is 7.43. The lowest BCUT2D eigenvalue weighted by Crippen LogP contribution is -2.51. The number of rotatable bonds is 6. The van der Waals surface area contributed by atoms with Crippen molar-refractivity contribution < 1.29 is 9.53 Å². The Morgan fingerprint density at radius 1 is 0.808 bits per heavy atom. The predicted octanol–water partition coefficient (Wildman–Crippen LogP) is 2.48. The molecule has 5 heteroatoms. The lowest BCUT2D eigenvalue weighted by Gasteiger charge is -2.35. The third kappa shape index (κ3) is 6.29. The monoisotopic (exact) mass is 359 g/mol. The van der Waals surface area contributed by atoms with E-state index in [0.29, 0.717) is 12.5 Å². The minimum absolute atomic E-state index is 0.327. The molecule has 0 atom stereocenters. The Morgan fingerprint density at radius 2 is 1.42 bits per heavy atom. The Bertz CT molecular complexity index is 521. The van der Waals surface area contributed by atoms with Crippen molar-refractivity contribution in [2.45, 2.75) is 32.1 Å². The van der Waals surface area contributed by atoms with Crippen LogP contribution in [0.25, 0.3) is 0 Å². The molecule has 5 nitrogen and oxygen atoms in total. The highest BCUT2D eigenvalue weighted by Crippen LogP contribution is 2.12. The average Bonchev–Trinajstić information content (AvgIpc) is 2.64. The van der Waals surface area contributed by atoms with Crippen molar-refractivity contribution in [3.63, 3.8) is 0 Å². The summed E-state index contributed by atoms with van der Waals surface area (Å²) in [6.07, 6.45) is 6.21. The molecule has 3 rings (SSSR count). The van der Waals surface area contributed by atoms with E-state index in [4.69, 9.17) is 4.74 Å². The van der Waals surface area contributed by atoms with Gasteiger partial charge in [0.1, 0.15) is 12.4 Å². The molecule has 1 amide bonds. The van der Waals surface area contributed by atoms with E-state index in [9.17, 15) is 4.79 Å². The highest BCUT2D eigenvalue weighted by Gasteiger charge is 2.22. The number of carbonyl (C=O) groups excluding carboxylic acids is 1. The fourth-order valence-corrected chi connectivity index (χ4v) is 3.77. The number of amides is 1. The maximum Gasteiger partial charge on any atom is 0.236 e. The van der Waals surface area contributed by atoms with Gasteiger partial charge in [-0.05, 0) is 25.0 Å². The molecule has 2 heterocycles. The maximum absolute atomic E-state index is 12.6. The summed E-state index contributed by atoms with van der Waals surface area (Å²) in [5.74, 6) is 1.26. The molecule has 2 aliphatic heterocycles. The number of ether oxygens (including phenoxy) is 1. The molecule has 2 aliphatic rings. The molecule has 0 unspecified atom stereocenters. The van der Waals surface area contributed by atoms with E-state index < -0.39 is 0 Å². The molecular formula is C21H33N3O2. The SMILES string of the molecule is O=C(CN1CCN(CCOc2ccccc2)CC1)N1CCCCCCC1. The lowest BCUT2D eigenvalue weighted by atomic mass is 10.1. The summed E-state index contributed by atoms with van der Waals surface area (Å²) in [6.45, 7) is 8.16. The van der Waals surface area contributed by atoms with E-state index in [2.05, 4.69) is 14.7 Å². The van der Waals surface area contributed by atoms with Crippen LogP contribution in [0, 0.1) is 0 Å². The van der Waals surface area contributed by atoms with Crippen LogP contribution in [0.15, 0.2) is 30.3 Å². The van der Waals surface area contributed by atoms with Crippen LogP contribution in [0.2, 0.25) is 0 Å². The van der Waals surface area contributed by atoms with Crippen molar-refractivity contribution in [1.82, 2.24) is 14.7 Å². The van der Waals surface area contributed by atoms with Crippen LogP contribution in [0.4, 0.5) is 0 Å². The fourth-order valence-electron chi connectivity index (χ4n) is 3.77. The first-order valence-corrected chi connectivity index (χ1v) is 10.2. The van der Waals surface area contributed by atoms with E-state index in [-0.39, 0.29) is 0 Å². The van der Waals surface area contributed by atoms with E-state index in [1.165, 1.54) is 32.1 Å². The Kier molecular flexibility index (Phi) is 7.77. The Labute approximate surface area is 157 Å². The first-order valence-electron chi connectivity index (χ1n) is 10.2.